The summed E-state index contributed by atoms with van der Waals surface area (Å²) in [5, 5.41) is 0. The SMILES string of the molecule is C=C(C)C(=O)OC1CC2CCC1(C)C2(C)CC(=C)C(=O)OC(C)(C)C. The Hall–Kier alpha value is -1.58. The zero-order chi connectivity index (χ0) is 19.2. The number of rotatable bonds is 5. The second-order valence-corrected chi connectivity index (χ2v) is 9.26. The van der Waals surface area contributed by atoms with Crippen molar-refractivity contribution in [3.05, 3.63) is 24.3 Å². The molecule has 2 saturated carbocycles. The summed E-state index contributed by atoms with van der Waals surface area (Å²) in [6.45, 7) is 19.3. The second-order valence-electron chi connectivity index (χ2n) is 9.26. The summed E-state index contributed by atoms with van der Waals surface area (Å²) in [7, 11) is 0. The van der Waals surface area contributed by atoms with Crippen LogP contribution in [0.3, 0.4) is 0 Å². The van der Waals surface area contributed by atoms with Crippen LogP contribution in [0.15, 0.2) is 24.3 Å². The van der Waals surface area contributed by atoms with E-state index in [1.807, 2.05) is 20.8 Å². The Labute approximate surface area is 151 Å². The van der Waals surface area contributed by atoms with Crippen molar-refractivity contribution in [3.63, 3.8) is 0 Å². The van der Waals surface area contributed by atoms with Crippen LogP contribution >= 0.6 is 0 Å². The fourth-order valence-electron chi connectivity index (χ4n) is 4.59. The van der Waals surface area contributed by atoms with Crippen LogP contribution in [0.25, 0.3) is 0 Å². The van der Waals surface area contributed by atoms with Crippen molar-refractivity contribution < 1.29 is 19.1 Å². The van der Waals surface area contributed by atoms with Crippen molar-refractivity contribution in [1.29, 1.82) is 0 Å². The Morgan fingerprint density at radius 2 is 1.76 bits per heavy atom. The number of esters is 2. The molecule has 4 unspecified atom stereocenters. The number of hydrogen-bond acceptors (Lipinski definition) is 4. The van der Waals surface area contributed by atoms with Gasteiger partial charge in [0.15, 0.2) is 0 Å². The predicted octanol–water partition coefficient (Wildman–Crippen LogP) is 4.59. The van der Waals surface area contributed by atoms with Gasteiger partial charge in [-0.25, -0.2) is 9.59 Å². The Morgan fingerprint density at radius 3 is 2.28 bits per heavy atom. The standard InChI is InChI=1S/C21H32O4/c1-13(2)17(22)24-16-11-15-9-10-20(16,7)21(15,8)12-14(3)18(23)25-19(4,5)6/h15-16H,1,3,9-12H2,2,4-8H3. The first-order valence-corrected chi connectivity index (χ1v) is 9.08. The number of hydrogen-bond donors (Lipinski definition) is 0. The number of carbonyl (C=O) groups is 2. The molecular weight excluding hydrogens is 316 g/mol. The van der Waals surface area contributed by atoms with Crippen molar-refractivity contribution in [2.24, 2.45) is 16.7 Å². The highest BCUT2D eigenvalue weighted by atomic mass is 16.6. The van der Waals surface area contributed by atoms with E-state index < -0.39 is 5.60 Å². The van der Waals surface area contributed by atoms with Crippen LogP contribution in [0.1, 0.15) is 67.2 Å². The van der Waals surface area contributed by atoms with Crippen LogP contribution in [0, 0.1) is 16.7 Å². The Balaban J connectivity index is 2.15. The summed E-state index contributed by atoms with van der Waals surface area (Å²) >= 11 is 0. The van der Waals surface area contributed by atoms with Crippen molar-refractivity contribution in [2.75, 3.05) is 0 Å². The Kier molecular flexibility index (Phi) is 4.97. The fraction of sp³-hybridized carbons (Fsp3) is 0.714. The number of ether oxygens (including phenoxy) is 2. The minimum Gasteiger partial charge on any atom is -0.458 e. The van der Waals surface area contributed by atoms with Gasteiger partial charge in [-0.2, -0.15) is 0 Å². The lowest BCUT2D eigenvalue weighted by Crippen LogP contribution is -2.40. The van der Waals surface area contributed by atoms with Crippen molar-refractivity contribution in [1.82, 2.24) is 0 Å². The smallest absolute Gasteiger partial charge is 0.333 e. The zero-order valence-electron chi connectivity index (χ0n) is 16.5. The van der Waals surface area contributed by atoms with Crippen LogP contribution in [0.2, 0.25) is 0 Å². The van der Waals surface area contributed by atoms with Crippen LogP contribution in [-0.2, 0) is 19.1 Å². The molecule has 0 saturated heterocycles. The van der Waals surface area contributed by atoms with Crippen molar-refractivity contribution in [3.8, 4) is 0 Å². The van der Waals surface area contributed by atoms with Crippen molar-refractivity contribution >= 4 is 11.9 Å². The lowest BCUT2D eigenvalue weighted by atomic mass is 9.65. The second kappa shape index (κ2) is 6.30. The maximum atomic E-state index is 12.4. The molecule has 25 heavy (non-hydrogen) atoms. The van der Waals surface area contributed by atoms with E-state index >= 15 is 0 Å². The van der Waals surface area contributed by atoms with Crippen LogP contribution < -0.4 is 0 Å². The van der Waals surface area contributed by atoms with Gasteiger partial charge in [0.25, 0.3) is 0 Å². The normalized spacial score (nSPS) is 33.8. The maximum Gasteiger partial charge on any atom is 0.333 e. The molecule has 0 amide bonds. The van der Waals surface area contributed by atoms with Gasteiger partial charge in [-0.1, -0.05) is 27.0 Å². The average molecular weight is 348 g/mol. The van der Waals surface area contributed by atoms with Crippen LogP contribution in [0.4, 0.5) is 0 Å². The topological polar surface area (TPSA) is 52.6 Å². The molecule has 4 heteroatoms. The molecule has 0 aliphatic heterocycles. The Bertz CT molecular complexity index is 612. The first-order chi connectivity index (χ1) is 11.3. The largest absolute Gasteiger partial charge is 0.458 e. The highest BCUT2D eigenvalue weighted by molar-refractivity contribution is 5.88. The first-order valence-electron chi connectivity index (χ1n) is 9.08. The fourth-order valence-corrected chi connectivity index (χ4v) is 4.59. The van der Waals surface area contributed by atoms with Crippen LogP contribution in [-0.4, -0.2) is 23.6 Å². The Morgan fingerprint density at radius 1 is 1.16 bits per heavy atom. The number of carbonyl (C=O) groups excluding carboxylic acids is 2. The van der Waals surface area contributed by atoms with Gasteiger partial charge < -0.3 is 9.47 Å². The van der Waals surface area contributed by atoms with Gasteiger partial charge in [-0.05, 0) is 64.7 Å². The van der Waals surface area contributed by atoms with Crippen LogP contribution in [0.5, 0.6) is 0 Å². The third-order valence-corrected chi connectivity index (χ3v) is 6.29. The zero-order valence-corrected chi connectivity index (χ0v) is 16.5. The molecule has 2 aliphatic rings. The third kappa shape index (κ3) is 3.54. The molecule has 2 rings (SSSR count). The molecule has 0 aromatic carbocycles. The average Bonchev–Trinajstić information content (AvgIpc) is 2.80. The van der Waals surface area contributed by atoms with Gasteiger partial charge in [0.1, 0.15) is 11.7 Å². The molecule has 4 nitrogen and oxygen atoms in total. The van der Waals surface area contributed by atoms with Crippen molar-refractivity contribution in [2.45, 2.75) is 78.9 Å². The summed E-state index contributed by atoms with van der Waals surface area (Å²) in [6.07, 6.45) is 3.36. The van der Waals surface area contributed by atoms with E-state index in [2.05, 4.69) is 27.0 Å². The predicted molar refractivity (Wildman–Crippen MR) is 97.9 cm³/mol. The van der Waals surface area contributed by atoms with Gasteiger partial charge in [0.2, 0.25) is 0 Å². The van der Waals surface area contributed by atoms with E-state index in [-0.39, 0.29) is 28.9 Å². The van der Waals surface area contributed by atoms with E-state index in [1.54, 1.807) is 6.92 Å². The molecule has 4 atom stereocenters. The minimum absolute atomic E-state index is 0.124. The molecule has 0 aromatic rings. The van der Waals surface area contributed by atoms with Gasteiger partial charge in [0, 0.05) is 16.6 Å². The quantitative estimate of drug-likeness (QED) is 0.539. The maximum absolute atomic E-state index is 12.4. The molecule has 0 heterocycles. The molecular formula is C21H32O4. The lowest BCUT2D eigenvalue weighted by molar-refractivity contribution is -0.154. The molecule has 0 N–H and O–H groups in total. The molecule has 0 radical (unpaired) electrons. The first kappa shape index (κ1) is 19.7. The monoisotopic (exact) mass is 348 g/mol. The van der Waals surface area contributed by atoms with E-state index in [0.29, 0.717) is 23.5 Å². The van der Waals surface area contributed by atoms with E-state index in [1.165, 1.54) is 0 Å². The molecule has 2 fully saturated rings. The third-order valence-electron chi connectivity index (χ3n) is 6.29. The molecule has 2 aliphatic carbocycles. The summed E-state index contributed by atoms with van der Waals surface area (Å²) in [5.41, 5.74) is 0.113. The molecule has 0 aromatic heterocycles. The summed E-state index contributed by atoms with van der Waals surface area (Å²) in [4.78, 5) is 24.4. The van der Waals surface area contributed by atoms with Gasteiger partial charge in [-0.3, -0.25) is 0 Å². The summed E-state index contributed by atoms with van der Waals surface area (Å²) < 4.78 is 11.2. The highest BCUT2D eigenvalue weighted by Crippen LogP contribution is 2.68. The minimum atomic E-state index is -0.529. The summed E-state index contributed by atoms with van der Waals surface area (Å²) in [5.74, 6) is -0.245. The summed E-state index contributed by atoms with van der Waals surface area (Å²) in [6, 6.07) is 0. The molecule has 2 bridgehead atoms. The van der Waals surface area contributed by atoms with Gasteiger partial charge >= 0.3 is 11.9 Å². The molecule has 0 spiro atoms. The highest BCUT2D eigenvalue weighted by Gasteiger charge is 2.65. The number of fused-ring (bicyclic) bond motifs is 2. The van der Waals surface area contributed by atoms with E-state index in [4.69, 9.17) is 9.47 Å². The lowest BCUT2D eigenvalue weighted by Gasteiger charge is -2.41. The molecule has 140 valence electrons. The van der Waals surface area contributed by atoms with Gasteiger partial charge in [-0.15, -0.1) is 0 Å². The van der Waals surface area contributed by atoms with Gasteiger partial charge in [0.05, 0.1) is 0 Å². The van der Waals surface area contributed by atoms with E-state index in [0.717, 1.165) is 19.3 Å². The van der Waals surface area contributed by atoms with E-state index in [9.17, 15) is 9.59 Å².